The van der Waals surface area contributed by atoms with Crippen molar-refractivity contribution in [1.29, 1.82) is 0 Å². The maximum atomic E-state index is 12.7. The second-order valence-corrected chi connectivity index (χ2v) is 2.92. The first kappa shape index (κ1) is 9.45. The van der Waals surface area contributed by atoms with E-state index in [4.69, 9.17) is 23.1 Å². The molecule has 0 aliphatic carbocycles. The van der Waals surface area contributed by atoms with E-state index in [1.165, 1.54) is 12.1 Å². The minimum absolute atomic E-state index is 0.0800. The van der Waals surface area contributed by atoms with Gasteiger partial charge < -0.3 is 11.5 Å². The maximum Gasteiger partial charge on any atom is 0.141 e. The van der Waals surface area contributed by atoms with Crippen LogP contribution in [-0.4, -0.2) is 6.54 Å². The van der Waals surface area contributed by atoms with E-state index in [9.17, 15) is 4.39 Å². The van der Waals surface area contributed by atoms with Gasteiger partial charge in [0.2, 0.25) is 0 Å². The smallest absolute Gasteiger partial charge is 0.141 e. The lowest BCUT2D eigenvalue weighted by Crippen LogP contribution is -2.20. The van der Waals surface area contributed by atoms with Gasteiger partial charge in [0.1, 0.15) is 5.82 Å². The van der Waals surface area contributed by atoms with Crippen LogP contribution in [0.15, 0.2) is 18.2 Å². The van der Waals surface area contributed by atoms with E-state index >= 15 is 0 Å². The molecule has 2 nitrogen and oxygen atoms in total. The first-order chi connectivity index (χ1) is 5.65. The molecule has 1 atom stereocenters. The zero-order chi connectivity index (χ0) is 9.14. The van der Waals surface area contributed by atoms with Crippen LogP contribution < -0.4 is 11.5 Å². The SMILES string of the molecule is NCC(N)c1ccc(F)c(Cl)c1. The van der Waals surface area contributed by atoms with E-state index in [0.717, 1.165) is 5.56 Å². The predicted octanol–water partition coefficient (Wildman–Crippen LogP) is 1.44. The lowest BCUT2D eigenvalue weighted by atomic mass is 10.1. The molecule has 0 bridgehead atoms. The molecule has 0 heterocycles. The highest BCUT2D eigenvalue weighted by molar-refractivity contribution is 6.30. The van der Waals surface area contributed by atoms with Gasteiger partial charge in [-0.2, -0.15) is 0 Å². The third kappa shape index (κ3) is 1.94. The molecule has 1 unspecified atom stereocenters. The van der Waals surface area contributed by atoms with Gasteiger partial charge in [0.25, 0.3) is 0 Å². The molecule has 0 spiro atoms. The fraction of sp³-hybridized carbons (Fsp3) is 0.250. The minimum atomic E-state index is -0.440. The molecule has 1 aromatic rings. The fourth-order valence-electron chi connectivity index (χ4n) is 0.879. The van der Waals surface area contributed by atoms with Crippen LogP contribution in [-0.2, 0) is 0 Å². The van der Waals surface area contributed by atoms with Crippen molar-refractivity contribution in [2.45, 2.75) is 6.04 Å². The van der Waals surface area contributed by atoms with Crippen molar-refractivity contribution in [2.75, 3.05) is 6.54 Å². The van der Waals surface area contributed by atoms with E-state index in [1.54, 1.807) is 6.07 Å². The molecule has 4 heteroatoms. The molecule has 1 rings (SSSR count). The standard InChI is InChI=1S/C8H10ClFN2/c9-6-3-5(8(12)4-11)1-2-7(6)10/h1-3,8H,4,11-12H2. The van der Waals surface area contributed by atoms with Crippen LogP contribution in [0.4, 0.5) is 4.39 Å². The van der Waals surface area contributed by atoms with E-state index in [2.05, 4.69) is 0 Å². The van der Waals surface area contributed by atoms with Crippen molar-refractivity contribution >= 4 is 11.6 Å². The van der Waals surface area contributed by atoms with E-state index in [-0.39, 0.29) is 11.1 Å². The molecule has 0 aliphatic rings. The average Bonchev–Trinajstić information content (AvgIpc) is 2.08. The summed E-state index contributed by atoms with van der Waals surface area (Å²) in [4.78, 5) is 0. The summed E-state index contributed by atoms with van der Waals surface area (Å²) in [5, 5.41) is 0.0800. The van der Waals surface area contributed by atoms with Crippen LogP contribution in [0.5, 0.6) is 0 Å². The average molecular weight is 189 g/mol. The molecule has 12 heavy (non-hydrogen) atoms. The zero-order valence-electron chi connectivity index (χ0n) is 6.43. The van der Waals surface area contributed by atoms with Crippen molar-refractivity contribution in [3.05, 3.63) is 34.6 Å². The monoisotopic (exact) mass is 188 g/mol. The number of hydrogen-bond acceptors (Lipinski definition) is 2. The largest absolute Gasteiger partial charge is 0.329 e. The Labute approximate surface area is 75.3 Å². The molecule has 0 radical (unpaired) electrons. The van der Waals surface area contributed by atoms with Crippen LogP contribution in [0.3, 0.4) is 0 Å². The normalized spacial score (nSPS) is 13.0. The lowest BCUT2D eigenvalue weighted by molar-refractivity contribution is 0.625. The Balaban J connectivity index is 2.96. The van der Waals surface area contributed by atoms with Crippen molar-refractivity contribution in [1.82, 2.24) is 0 Å². The molecule has 0 aromatic heterocycles. The van der Waals surface area contributed by atoms with Gasteiger partial charge in [-0.05, 0) is 17.7 Å². The summed E-state index contributed by atoms with van der Waals surface area (Å²) < 4.78 is 12.7. The summed E-state index contributed by atoms with van der Waals surface area (Å²) in [5.41, 5.74) is 11.7. The van der Waals surface area contributed by atoms with Crippen LogP contribution in [0.2, 0.25) is 5.02 Å². The summed E-state index contributed by atoms with van der Waals surface area (Å²) in [6.07, 6.45) is 0. The highest BCUT2D eigenvalue weighted by Crippen LogP contribution is 2.18. The molecule has 66 valence electrons. The number of benzene rings is 1. The van der Waals surface area contributed by atoms with Crippen LogP contribution in [0.25, 0.3) is 0 Å². The van der Waals surface area contributed by atoms with Gasteiger partial charge in [-0.15, -0.1) is 0 Å². The predicted molar refractivity (Wildman–Crippen MR) is 47.4 cm³/mol. The van der Waals surface area contributed by atoms with Crippen LogP contribution in [0.1, 0.15) is 11.6 Å². The van der Waals surface area contributed by atoms with Crippen molar-refractivity contribution in [3.63, 3.8) is 0 Å². The molecular formula is C8H10ClFN2. The molecule has 0 fully saturated rings. The van der Waals surface area contributed by atoms with Crippen LogP contribution >= 0.6 is 11.6 Å². The van der Waals surface area contributed by atoms with Gasteiger partial charge in [-0.25, -0.2) is 4.39 Å². The van der Waals surface area contributed by atoms with Gasteiger partial charge in [-0.3, -0.25) is 0 Å². The lowest BCUT2D eigenvalue weighted by Gasteiger charge is -2.08. The van der Waals surface area contributed by atoms with E-state index in [0.29, 0.717) is 6.54 Å². The number of rotatable bonds is 2. The molecule has 0 saturated carbocycles. The molecule has 4 N–H and O–H groups in total. The molecule has 0 aliphatic heterocycles. The summed E-state index contributed by atoms with van der Waals surface area (Å²) in [5.74, 6) is -0.440. The van der Waals surface area contributed by atoms with Gasteiger partial charge in [0.15, 0.2) is 0 Å². The fourth-order valence-corrected chi connectivity index (χ4v) is 1.07. The van der Waals surface area contributed by atoms with Gasteiger partial charge in [0, 0.05) is 12.6 Å². The molecule has 0 saturated heterocycles. The van der Waals surface area contributed by atoms with Gasteiger partial charge >= 0.3 is 0 Å². The third-order valence-corrected chi connectivity index (χ3v) is 1.92. The van der Waals surface area contributed by atoms with E-state index < -0.39 is 5.82 Å². The van der Waals surface area contributed by atoms with Crippen molar-refractivity contribution < 1.29 is 4.39 Å². The Morgan fingerprint density at radius 3 is 2.67 bits per heavy atom. The first-order valence-corrected chi connectivity index (χ1v) is 3.93. The Morgan fingerprint density at radius 1 is 1.50 bits per heavy atom. The maximum absolute atomic E-state index is 12.7. The minimum Gasteiger partial charge on any atom is -0.329 e. The Kier molecular flexibility index (Phi) is 3.03. The Bertz CT molecular complexity index is 278. The second kappa shape index (κ2) is 3.85. The van der Waals surface area contributed by atoms with E-state index in [1.807, 2.05) is 0 Å². The van der Waals surface area contributed by atoms with Crippen molar-refractivity contribution in [3.8, 4) is 0 Å². The summed E-state index contributed by atoms with van der Waals surface area (Å²) in [6, 6.07) is 4.09. The summed E-state index contributed by atoms with van der Waals surface area (Å²) in [6.45, 7) is 0.321. The Hall–Kier alpha value is -0.640. The molecule has 0 amide bonds. The quantitative estimate of drug-likeness (QED) is 0.738. The van der Waals surface area contributed by atoms with Gasteiger partial charge in [-0.1, -0.05) is 17.7 Å². The Morgan fingerprint density at radius 2 is 2.17 bits per heavy atom. The summed E-state index contributed by atoms with van der Waals surface area (Å²) >= 11 is 5.54. The number of halogens is 2. The topological polar surface area (TPSA) is 52.0 Å². The molecule has 1 aromatic carbocycles. The van der Waals surface area contributed by atoms with Crippen molar-refractivity contribution in [2.24, 2.45) is 11.5 Å². The first-order valence-electron chi connectivity index (χ1n) is 3.55. The summed E-state index contributed by atoms with van der Waals surface area (Å²) in [7, 11) is 0. The van der Waals surface area contributed by atoms with Crippen LogP contribution in [0, 0.1) is 5.82 Å². The highest BCUT2D eigenvalue weighted by atomic mass is 35.5. The molecular weight excluding hydrogens is 179 g/mol. The van der Waals surface area contributed by atoms with Gasteiger partial charge in [0.05, 0.1) is 5.02 Å². The third-order valence-electron chi connectivity index (χ3n) is 1.63. The number of hydrogen-bond donors (Lipinski definition) is 2. The second-order valence-electron chi connectivity index (χ2n) is 2.52. The highest BCUT2D eigenvalue weighted by Gasteiger charge is 2.06. The zero-order valence-corrected chi connectivity index (χ0v) is 7.18. The number of nitrogens with two attached hydrogens (primary N) is 2.